The molecule has 7 nitrogen and oxygen atoms in total. The summed E-state index contributed by atoms with van der Waals surface area (Å²) in [5.74, 6) is 0.856. The van der Waals surface area contributed by atoms with E-state index in [1.165, 1.54) is 17.7 Å². The normalized spacial score (nSPS) is 10.7. The van der Waals surface area contributed by atoms with Crippen LogP contribution in [0.1, 0.15) is 11.1 Å². The molecule has 3 aromatic rings. The van der Waals surface area contributed by atoms with Crippen LogP contribution >= 0.6 is 0 Å². The van der Waals surface area contributed by atoms with E-state index in [4.69, 9.17) is 4.74 Å². The number of nitro benzene ring substituents is 1. The smallest absolute Gasteiger partial charge is 0.269 e. The fourth-order valence-corrected chi connectivity index (χ4v) is 2.90. The molecule has 0 aliphatic heterocycles. The van der Waals surface area contributed by atoms with Crippen molar-refractivity contribution in [3.05, 3.63) is 76.0 Å². The Labute approximate surface area is 157 Å². The van der Waals surface area contributed by atoms with Crippen LogP contribution in [-0.4, -0.2) is 28.4 Å². The molecule has 0 amide bonds. The first-order chi connectivity index (χ1) is 13.1. The van der Waals surface area contributed by atoms with Crippen LogP contribution in [0.5, 0.6) is 5.75 Å². The van der Waals surface area contributed by atoms with E-state index < -0.39 is 4.92 Å². The zero-order valence-electron chi connectivity index (χ0n) is 15.4. The summed E-state index contributed by atoms with van der Waals surface area (Å²) >= 11 is 0. The maximum Gasteiger partial charge on any atom is 0.269 e. The van der Waals surface area contributed by atoms with Gasteiger partial charge in [0, 0.05) is 43.0 Å². The zero-order valence-corrected chi connectivity index (χ0v) is 15.4. The Kier molecular flexibility index (Phi) is 5.83. The fraction of sp³-hybridized carbons (Fsp3) is 0.250. The lowest BCUT2D eigenvalue weighted by atomic mass is 10.1. The Morgan fingerprint density at radius 3 is 2.48 bits per heavy atom. The molecule has 1 heterocycles. The first kappa shape index (κ1) is 18.6. The highest BCUT2D eigenvalue weighted by molar-refractivity contribution is 5.64. The summed E-state index contributed by atoms with van der Waals surface area (Å²) in [5, 5.41) is 18.8. The molecule has 1 N–H and O–H groups in total. The predicted molar refractivity (Wildman–Crippen MR) is 104 cm³/mol. The monoisotopic (exact) mass is 366 g/mol. The molecule has 0 radical (unpaired) electrons. The van der Waals surface area contributed by atoms with Gasteiger partial charge in [0.15, 0.2) is 0 Å². The zero-order chi connectivity index (χ0) is 19.2. The lowest BCUT2D eigenvalue weighted by Gasteiger charge is -2.06. The van der Waals surface area contributed by atoms with E-state index in [-0.39, 0.29) is 5.69 Å². The minimum absolute atomic E-state index is 0.0776. The van der Waals surface area contributed by atoms with Crippen LogP contribution in [0.15, 0.2) is 54.7 Å². The topological polar surface area (TPSA) is 82.2 Å². The molecule has 0 bridgehead atoms. The second-order valence-electron chi connectivity index (χ2n) is 6.26. The number of hydrogen-bond acceptors (Lipinski definition) is 5. The maximum atomic E-state index is 10.8. The number of nitro groups is 1. The molecule has 0 saturated heterocycles. The average molecular weight is 366 g/mol. The predicted octanol–water partition coefficient (Wildman–Crippen LogP) is 3.34. The van der Waals surface area contributed by atoms with Gasteiger partial charge in [-0.2, -0.15) is 5.10 Å². The van der Waals surface area contributed by atoms with E-state index in [9.17, 15) is 10.1 Å². The summed E-state index contributed by atoms with van der Waals surface area (Å²) in [6.07, 6.45) is 2.88. The molecular formula is C20H22N4O3. The second kappa shape index (κ2) is 8.46. The van der Waals surface area contributed by atoms with Gasteiger partial charge in [-0.15, -0.1) is 0 Å². The standard InChI is InChI=1S/C20H22N4O3/c1-23-14-17(13-21-12-11-15-3-9-19(27-2)10-4-15)20(22-23)16-5-7-18(8-6-16)24(25)26/h3-10,14,21H,11-13H2,1-2H3. The first-order valence-electron chi connectivity index (χ1n) is 8.68. The van der Waals surface area contributed by atoms with Crippen molar-refractivity contribution < 1.29 is 9.66 Å². The summed E-state index contributed by atoms with van der Waals surface area (Å²) in [6.45, 7) is 1.51. The van der Waals surface area contributed by atoms with Crippen molar-refractivity contribution in [1.82, 2.24) is 15.1 Å². The molecule has 0 fully saturated rings. The molecule has 0 aliphatic rings. The third-order valence-electron chi connectivity index (χ3n) is 4.32. The lowest BCUT2D eigenvalue weighted by Crippen LogP contribution is -2.16. The van der Waals surface area contributed by atoms with Crippen molar-refractivity contribution in [2.45, 2.75) is 13.0 Å². The fourth-order valence-electron chi connectivity index (χ4n) is 2.90. The van der Waals surface area contributed by atoms with Gasteiger partial charge in [-0.25, -0.2) is 0 Å². The van der Waals surface area contributed by atoms with Gasteiger partial charge in [-0.3, -0.25) is 14.8 Å². The van der Waals surface area contributed by atoms with Crippen molar-refractivity contribution in [3.8, 4) is 17.0 Å². The van der Waals surface area contributed by atoms with Gasteiger partial charge < -0.3 is 10.1 Å². The van der Waals surface area contributed by atoms with E-state index in [2.05, 4.69) is 22.5 Å². The van der Waals surface area contributed by atoms with Crippen LogP contribution in [0, 0.1) is 10.1 Å². The van der Waals surface area contributed by atoms with Crippen LogP contribution in [-0.2, 0) is 20.0 Å². The molecule has 0 spiro atoms. The van der Waals surface area contributed by atoms with E-state index in [0.717, 1.165) is 35.5 Å². The number of methoxy groups -OCH3 is 1. The molecule has 0 aliphatic carbocycles. The molecule has 140 valence electrons. The number of nitrogens with zero attached hydrogens (tertiary/aromatic N) is 3. The quantitative estimate of drug-likeness (QED) is 0.376. The molecule has 7 heteroatoms. The van der Waals surface area contributed by atoms with E-state index >= 15 is 0 Å². The molecule has 27 heavy (non-hydrogen) atoms. The lowest BCUT2D eigenvalue weighted by molar-refractivity contribution is -0.384. The molecule has 0 unspecified atom stereocenters. The molecule has 1 aromatic heterocycles. The molecule has 3 rings (SSSR count). The Bertz CT molecular complexity index is 902. The third-order valence-corrected chi connectivity index (χ3v) is 4.32. The van der Waals surface area contributed by atoms with Gasteiger partial charge in [0.2, 0.25) is 0 Å². The number of non-ortho nitro benzene ring substituents is 1. The number of hydrogen-bond donors (Lipinski definition) is 1. The Balaban J connectivity index is 1.61. The molecule has 0 saturated carbocycles. The van der Waals surface area contributed by atoms with Gasteiger partial charge in [-0.05, 0) is 42.8 Å². The van der Waals surface area contributed by atoms with Crippen LogP contribution in [0.4, 0.5) is 5.69 Å². The first-order valence-corrected chi connectivity index (χ1v) is 8.68. The van der Waals surface area contributed by atoms with E-state index in [1.807, 2.05) is 25.4 Å². The number of aromatic nitrogens is 2. The Morgan fingerprint density at radius 1 is 1.15 bits per heavy atom. The van der Waals surface area contributed by atoms with Gasteiger partial charge in [0.25, 0.3) is 5.69 Å². The largest absolute Gasteiger partial charge is 0.497 e. The molecule has 0 atom stereocenters. The van der Waals surface area contributed by atoms with E-state index in [1.54, 1.807) is 23.9 Å². The highest BCUT2D eigenvalue weighted by atomic mass is 16.6. The summed E-state index contributed by atoms with van der Waals surface area (Å²) in [6, 6.07) is 14.5. The number of nitrogens with one attached hydrogen (secondary N) is 1. The van der Waals surface area contributed by atoms with Crippen LogP contribution < -0.4 is 10.1 Å². The highest BCUT2D eigenvalue weighted by Crippen LogP contribution is 2.24. The third kappa shape index (κ3) is 4.71. The number of aryl methyl sites for hydroxylation is 1. The van der Waals surface area contributed by atoms with Crippen molar-refractivity contribution >= 4 is 5.69 Å². The summed E-state index contributed by atoms with van der Waals surface area (Å²) < 4.78 is 6.93. The van der Waals surface area contributed by atoms with Gasteiger partial charge in [-0.1, -0.05) is 12.1 Å². The summed E-state index contributed by atoms with van der Waals surface area (Å²) in [4.78, 5) is 10.4. The SMILES string of the molecule is COc1ccc(CCNCc2cn(C)nc2-c2ccc([N+](=O)[O-])cc2)cc1. The molecule has 2 aromatic carbocycles. The minimum Gasteiger partial charge on any atom is -0.497 e. The van der Waals surface area contributed by atoms with E-state index in [0.29, 0.717) is 6.54 Å². The van der Waals surface area contributed by atoms with Crippen molar-refractivity contribution in [1.29, 1.82) is 0 Å². The Morgan fingerprint density at radius 2 is 1.85 bits per heavy atom. The number of ether oxygens (including phenoxy) is 1. The van der Waals surface area contributed by atoms with Gasteiger partial charge >= 0.3 is 0 Å². The summed E-state index contributed by atoms with van der Waals surface area (Å²) in [5.41, 5.74) is 4.08. The van der Waals surface area contributed by atoms with Crippen molar-refractivity contribution in [2.75, 3.05) is 13.7 Å². The highest BCUT2D eigenvalue weighted by Gasteiger charge is 2.12. The van der Waals surface area contributed by atoms with Crippen LogP contribution in [0.25, 0.3) is 11.3 Å². The summed E-state index contributed by atoms with van der Waals surface area (Å²) in [7, 11) is 3.53. The average Bonchev–Trinajstić information content (AvgIpc) is 3.06. The van der Waals surface area contributed by atoms with Gasteiger partial charge in [0.05, 0.1) is 17.7 Å². The maximum absolute atomic E-state index is 10.8. The van der Waals surface area contributed by atoms with Gasteiger partial charge in [0.1, 0.15) is 5.75 Å². The minimum atomic E-state index is -0.399. The Hall–Kier alpha value is -3.19. The number of rotatable bonds is 8. The van der Waals surface area contributed by atoms with Crippen LogP contribution in [0.2, 0.25) is 0 Å². The number of benzene rings is 2. The molecular weight excluding hydrogens is 344 g/mol. The van der Waals surface area contributed by atoms with Crippen LogP contribution in [0.3, 0.4) is 0 Å². The second-order valence-corrected chi connectivity index (χ2v) is 6.26. The van der Waals surface area contributed by atoms with Crippen molar-refractivity contribution in [2.24, 2.45) is 7.05 Å². The van der Waals surface area contributed by atoms with Crippen molar-refractivity contribution in [3.63, 3.8) is 0 Å².